The maximum Gasteiger partial charge on any atom is 0.255 e. The zero-order valence-corrected chi connectivity index (χ0v) is 12.1. The van der Waals surface area contributed by atoms with E-state index in [-0.39, 0.29) is 18.1 Å². The molecule has 1 saturated heterocycles. The van der Waals surface area contributed by atoms with Crippen molar-refractivity contribution in [3.8, 4) is 11.5 Å². The molecule has 1 aromatic carbocycles. The number of hydrogen-bond acceptors (Lipinski definition) is 4. The maximum absolute atomic E-state index is 12.3. The number of hydrogen-bond donors (Lipinski definition) is 1. The van der Waals surface area contributed by atoms with E-state index in [0.29, 0.717) is 17.1 Å². The molecule has 5 heteroatoms. The third kappa shape index (κ3) is 3.22. The third-order valence-electron chi connectivity index (χ3n) is 3.53. The highest BCUT2D eigenvalue weighted by Gasteiger charge is 2.25. The first-order valence-electron chi connectivity index (χ1n) is 6.80. The van der Waals surface area contributed by atoms with Crippen molar-refractivity contribution in [3.05, 3.63) is 23.8 Å². The molecule has 2 atom stereocenters. The van der Waals surface area contributed by atoms with Gasteiger partial charge in [-0.3, -0.25) is 4.79 Å². The van der Waals surface area contributed by atoms with E-state index in [2.05, 4.69) is 5.32 Å². The number of rotatable bonds is 5. The van der Waals surface area contributed by atoms with Gasteiger partial charge in [-0.1, -0.05) is 0 Å². The standard InChI is InChI=1S/C15H21NO4/c1-10(13-5-4-8-20-13)16-15(17)12-7-6-11(18-2)9-14(12)19-3/h6-7,9-10,13H,4-5,8H2,1-3H3,(H,16,17)/t10-,13+/m0/s1. The monoisotopic (exact) mass is 279 g/mol. The SMILES string of the molecule is COc1ccc(C(=O)N[C@@H](C)[C@H]2CCCO2)c(OC)c1. The van der Waals surface area contributed by atoms with E-state index in [1.54, 1.807) is 25.3 Å². The van der Waals surface area contributed by atoms with Crippen LogP contribution in [0.15, 0.2) is 18.2 Å². The maximum atomic E-state index is 12.3. The van der Waals surface area contributed by atoms with Crippen LogP contribution in [0.2, 0.25) is 0 Å². The number of carbonyl (C=O) groups is 1. The van der Waals surface area contributed by atoms with Crippen molar-refractivity contribution in [1.82, 2.24) is 5.32 Å². The van der Waals surface area contributed by atoms with Crippen molar-refractivity contribution >= 4 is 5.91 Å². The molecule has 0 spiro atoms. The summed E-state index contributed by atoms with van der Waals surface area (Å²) in [6, 6.07) is 5.13. The van der Waals surface area contributed by atoms with E-state index >= 15 is 0 Å². The van der Waals surface area contributed by atoms with Crippen LogP contribution in [0.1, 0.15) is 30.1 Å². The first-order chi connectivity index (χ1) is 9.65. The number of amides is 1. The van der Waals surface area contributed by atoms with Gasteiger partial charge in [-0.2, -0.15) is 0 Å². The van der Waals surface area contributed by atoms with Crippen LogP contribution in [-0.2, 0) is 4.74 Å². The molecule has 5 nitrogen and oxygen atoms in total. The molecule has 0 saturated carbocycles. The lowest BCUT2D eigenvalue weighted by Gasteiger charge is -2.20. The van der Waals surface area contributed by atoms with Gasteiger partial charge in [-0.05, 0) is 31.9 Å². The molecule has 1 aromatic rings. The average molecular weight is 279 g/mol. The lowest BCUT2D eigenvalue weighted by Crippen LogP contribution is -2.40. The second-order valence-electron chi connectivity index (χ2n) is 4.88. The van der Waals surface area contributed by atoms with Crippen LogP contribution < -0.4 is 14.8 Å². The first kappa shape index (κ1) is 14.7. The molecule has 1 aliphatic heterocycles. The van der Waals surface area contributed by atoms with E-state index in [1.807, 2.05) is 6.92 Å². The van der Waals surface area contributed by atoms with Gasteiger partial charge in [0, 0.05) is 12.7 Å². The first-order valence-corrected chi connectivity index (χ1v) is 6.80. The summed E-state index contributed by atoms with van der Waals surface area (Å²) in [6.07, 6.45) is 2.14. The Kier molecular flexibility index (Phi) is 4.84. The van der Waals surface area contributed by atoms with Crippen LogP contribution >= 0.6 is 0 Å². The van der Waals surface area contributed by atoms with Crippen molar-refractivity contribution in [2.75, 3.05) is 20.8 Å². The molecule has 20 heavy (non-hydrogen) atoms. The molecule has 1 heterocycles. The summed E-state index contributed by atoms with van der Waals surface area (Å²) in [5.41, 5.74) is 0.498. The number of ether oxygens (including phenoxy) is 3. The van der Waals surface area contributed by atoms with Crippen LogP contribution in [0.25, 0.3) is 0 Å². The van der Waals surface area contributed by atoms with Gasteiger partial charge in [0.25, 0.3) is 5.91 Å². The molecule has 2 rings (SSSR count). The quantitative estimate of drug-likeness (QED) is 0.895. The Labute approximate surface area is 119 Å². The Morgan fingerprint density at radius 3 is 2.80 bits per heavy atom. The van der Waals surface area contributed by atoms with Gasteiger partial charge in [-0.25, -0.2) is 0 Å². The molecule has 110 valence electrons. The highest BCUT2D eigenvalue weighted by molar-refractivity contribution is 5.97. The van der Waals surface area contributed by atoms with Gasteiger partial charge in [0.15, 0.2) is 0 Å². The number of benzene rings is 1. The molecule has 1 fully saturated rings. The molecule has 1 aliphatic rings. The molecule has 0 radical (unpaired) electrons. The normalized spacial score (nSPS) is 19.4. The van der Waals surface area contributed by atoms with E-state index < -0.39 is 0 Å². The highest BCUT2D eigenvalue weighted by atomic mass is 16.5. The van der Waals surface area contributed by atoms with Crippen LogP contribution in [-0.4, -0.2) is 38.9 Å². The minimum absolute atomic E-state index is 0.0168. The molecule has 0 unspecified atom stereocenters. The Bertz CT molecular complexity index is 469. The Balaban J connectivity index is 2.08. The van der Waals surface area contributed by atoms with Crippen LogP contribution in [0.5, 0.6) is 11.5 Å². The summed E-state index contributed by atoms with van der Waals surface area (Å²) in [5, 5.41) is 2.97. The van der Waals surface area contributed by atoms with Crippen molar-refractivity contribution in [2.45, 2.75) is 31.9 Å². The Hall–Kier alpha value is -1.75. The van der Waals surface area contributed by atoms with Crippen LogP contribution in [0.3, 0.4) is 0 Å². The van der Waals surface area contributed by atoms with Gasteiger partial charge in [0.1, 0.15) is 11.5 Å². The van der Waals surface area contributed by atoms with E-state index in [1.165, 1.54) is 7.11 Å². The lowest BCUT2D eigenvalue weighted by molar-refractivity contribution is 0.0710. The van der Waals surface area contributed by atoms with Crippen molar-refractivity contribution in [3.63, 3.8) is 0 Å². The summed E-state index contributed by atoms with van der Waals surface area (Å²) in [5.74, 6) is 1.000. The second-order valence-corrected chi connectivity index (χ2v) is 4.88. The van der Waals surface area contributed by atoms with Crippen LogP contribution in [0, 0.1) is 0 Å². The van der Waals surface area contributed by atoms with E-state index in [9.17, 15) is 4.79 Å². The summed E-state index contributed by atoms with van der Waals surface area (Å²) >= 11 is 0. The van der Waals surface area contributed by atoms with Crippen LogP contribution in [0.4, 0.5) is 0 Å². The minimum atomic E-state index is -0.160. The van der Waals surface area contributed by atoms with Gasteiger partial charge in [0.05, 0.1) is 31.9 Å². The smallest absolute Gasteiger partial charge is 0.255 e. The molecular formula is C15H21NO4. The van der Waals surface area contributed by atoms with Crippen molar-refractivity contribution in [1.29, 1.82) is 0 Å². The summed E-state index contributed by atoms with van der Waals surface area (Å²) < 4.78 is 15.9. The van der Waals surface area contributed by atoms with Gasteiger partial charge >= 0.3 is 0 Å². The summed E-state index contributed by atoms with van der Waals surface area (Å²) in [7, 11) is 3.11. The Morgan fingerprint density at radius 2 is 2.20 bits per heavy atom. The molecule has 0 bridgehead atoms. The molecule has 0 aromatic heterocycles. The average Bonchev–Trinajstić information content (AvgIpc) is 3.00. The Morgan fingerprint density at radius 1 is 1.40 bits per heavy atom. The predicted molar refractivity (Wildman–Crippen MR) is 75.4 cm³/mol. The van der Waals surface area contributed by atoms with Crippen molar-refractivity contribution in [2.24, 2.45) is 0 Å². The molecule has 0 aliphatic carbocycles. The predicted octanol–water partition coefficient (Wildman–Crippen LogP) is 2.00. The topological polar surface area (TPSA) is 56.8 Å². The number of carbonyl (C=O) groups excluding carboxylic acids is 1. The minimum Gasteiger partial charge on any atom is -0.497 e. The van der Waals surface area contributed by atoms with Gasteiger partial charge in [-0.15, -0.1) is 0 Å². The number of nitrogens with one attached hydrogen (secondary N) is 1. The summed E-state index contributed by atoms with van der Waals surface area (Å²) in [6.45, 7) is 2.74. The lowest BCUT2D eigenvalue weighted by atomic mass is 10.1. The number of methoxy groups -OCH3 is 2. The summed E-state index contributed by atoms with van der Waals surface area (Å²) in [4.78, 5) is 12.3. The van der Waals surface area contributed by atoms with E-state index in [4.69, 9.17) is 14.2 Å². The third-order valence-corrected chi connectivity index (χ3v) is 3.53. The molecule has 1 N–H and O–H groups in total. The van der Waals surface area contributed by atoms with E-state index in [0.717, 1.165) is 19.4 Å². The van der Waals surface area contributed by atoms with Gasteiger partial charge < -0.3 is 19.5 Å². The fourth-order valence-electron chi connectivity index (χ4n) is 2.36. The fraction of sp³-hybridized carbons (Fsp3) is 0.533. The zero-order valence-electron chi connectivity index (χ0n) is 12.1. The zero-order chi connectivity index (χ0) is 14.5. The largest absolute Gasteiger partial charge is 0.497 e. The molecular weight excluding hydrogens is 258 g/mol. The second kappa shape index (κ2) is 6.61. The fourth-order valence-corrected chi connectivity index (χ4v) is 2.36. The van der Waals surface area contributed by atoms with Gasteiger partial charge in [0.2, 0.25) is 0 Å². The highest BCUT2D eigenvalue weighted by Crippen LogP contribution is 2.25. The van der Waals surface area contributed by atoms with Crippen molar-refractivity contribution < 1.29 is 19.0 Å². The molecule has 1 amide bonds.